The summed E-state index contributed by atoms with van der Waals surface area (Å²) in [4.78, 5) is 29.0. The van der Waals surface area contributed by atoms with Gasteiger partial charge in [-0.2, -0.15) is 5.10 Å². The average Bonchev–Trinajstić information content (AvgIpc) is 3.55. The lowest BCUT2D eigenvalue weighted by Crippen LogP contribution is -2.13. The maximum atomic E-state index is 13.5. The van der Waals surface area contributed by atoms with E-state index in [0.717, 1.165) is 51.5 Å². The average molecular weight is 490 g/mol. The summed E-state index contributed by atoms with van der Waals surface area (Å²) in [6, 6.07) is 16.1. The number of carbonyl (C=O) groups excluding carboxylic acids is 1. The molecule has 0 saturated heterocycles. The molecule has 4 heterocycles. The summed E-state index contributed by atoms with van der Waals surface area (Å²) in [5.74, 6) is 0.452. The summed E-state index contributed by atoms with van der Waals surface area (Å²) < 4.78 is 13.5. The number of pyridine rings is 2. The second-order valence-electron chi connectivity index (χ2n) is 9.21. The van der Waals surface area contributed by atoms with E-state index in [1.165, 1.54) is 12.1 Å². The van der Waals surface area contributed by atoms with E-state index >= 15 is 0 Å². The lowest BCUT2D eigenvalue weighted by Gasteiger charge is -2.07. The molecule has 1 amide bonds. The van der Waals surface area contributed by atoms with Crippen LogP contribution in [-0.2, 0) is 4.79 Å². The Morgan fingerprint density at radius 2 is 1.81 bits per heavy atom. The highest BCUT2D eigenvalue weighted by Gasteiger charge is 2.29. The third-order valence-electron chi connectivity index (χ3n) is 6.62. The van der Waals surface area contributed by atoms with Crippen molar-refractivity contribution < 1.29 is 9.18 Å². The molecule has 0 atom stereocenters. The van der Waals surface area contributed by atoms with Crippen LogP contribution < -0.4 is 5.32 Å². The molecule has 4 aromatic heterocycles. The Labute approximate surface area is 210 Å². The van der Waals surface area contributed by atoms with Gasteiger partial charge in [-0.1, -0.05) is 18.2 Å². The number of rotatable bonds is 5. The summed E-state index contributed by atoms with van der Waals surface area (Å²) in [5, 5.41) is 11.4. The number of halogens is 1. The van der Waals surface area contributed by atoms with E-state index in [2.05, 4.69) is 30.5 Å². The molecule has 8 nitrogen and oxygen atoms in total. The van der Waals surface area contributed by atoms with Gasteiger partial charge in [-0.3, -0.25) is 14.9 Å². The van der Waals surface area contributed by atoms with Crippen molar-refractivity contribution in [3.05, 3.63) is 79.0 Å². The predicted molar refractivity (Wildman–Crippen MR) is 139 cm³/mol. The number of aromatic nitrogens is 6. The molecule has 7 rings (SSSR count). The maximum absolute atomic E-state index is 13.5. The van der Waals surface area contributed by atoms with Crippen LogP contribution in [0.4, 0.5) is 10.1 Å². The van der Waals surface area contributed by atoms with Crippen molar-refractivity contribution in [2.75, 3.05) is 5.32 Å². The van der Waals surface area contributed by atoms with Gasteiger partial charge in [-0.15, -0.1) is 0 Å². The van der Waals surface area contributed by atoms with Gasteiger partial charge in [0.05, 0.1) is 22.9 Å². The van der Waals surface area contributed by atoms with Crippen molar-refractivity contribution in [1.82, 2.24) is 30.1 Å². The zero-order chi connectivity index (χ0) is 24.9. The molecular formula is C28H20FN7O. The van der Waals surface area contributed by atoms with E-state index in [1.54, 1.807) is 30.7 Å². The minimum Gasteiger partial charge on any atom is -0.335 e. The Hall–Kier alpha value is -4.92. The molecule has 0 bridgehead atoms. The number of hydrogen-bond acceptors (Lipinski definition) is 5. The lowest BCUT2D eigenvalue weighted by molar-refractivity contribution is -0.117. The van der Waals surface area contributed by atoms with Crippen molar-refractivity contribution in [3.63, 3.8) is 0 Å². The highest BCUT2D eigenvalue weighted by molar-refractivity contribution is 5.98. The molecule has 0 radical (unpaired) electrons. The highest BCUT2D eigenvalue weighted by Crippen LogP contribution is 2.34. The van der Waals surface area contributed by atoms with Crippen molar-refractivity contribution in [2.45, 2.75) is 12.8 Å². The highest BCUT2D eigenvalue weighted by atomic mass is 19.1. The van der Waals surface area contributed by atoms with Crippen LogP contribution in [-0.4, -0.2) is 36.0 Å². The van der Waals surface area contributed by atoms with Gasteiger partial charge in [0.25, 0.3) is 0 Å². The third kappa shape index (κ3) is 3.90. The molecule has 0 unspecified atom stereocenters. The smallest absolute Gasteiger partial charge is 0.227 e. The largest absolute Gasteiger partial charge is 0.335 e. The van der Waals surface area contributed by atoms with E-state index in [0.29, 0.717) is 22.9 Å². The third-order valence-corrected chi connectivity index (χ3v) is 6.62. The first-order valence-electron chi connectivity index (χ1n) is 12.0. The standard InChI is InChI=1S/C28H20FN7O/c29-19-6-3-15(4-7-19)21-9-10-31-26-24(21)33-27(34-26)25-22-12-17(5-8-23(22)35-36-25)18-11-20(14-30-13-18)32-28(37)16-1-2-16/h3-14,16H,1-2H2,(H,32,37)(H,35,36)(H,31,33,34). The van der Waals surface area contributed by atoms with Crippen LogP contribution in [0.2, 0.25) is 0 Å². The van der Waals surface area contributed by atoms with Gasteiger partial charge >= 0.3 is 0 Å². The minimum absolute atomic E-state index is 0.0463. The molecule has 0 aliphatic heterocycles. The monoisotopic (exact) mass is 489 g/mol. The van der Waals surface area contributed by atoms with Gasteiger partial charge in [0.2, 0.25) is 5.91 Å². The van der Waals surface area contributed by atoms with Crippen molar-refractivity contribution >= 4 is 33.7 Å². The molecule has 6 aromatic rings. The number of fused-ring (bicyclic) bond motifs is 2. The van der Waals surface area contributed by atoms with E-state index in [4.69, 9.17) is 4.98 Å². The Kier molecular flexibility index (Phi) is 4.81. The fourth-order valence-electron chi connectivity index (χ4n) is 4.52. The van der Waals surface area contributed by atoms with E-state index < -0.39 is 0 Å². The fraction of sp³-hybridized carbons (Fsp3) is 0.107. The van der Waals surface area contributed by atoms with Gasteiger partial charge in [-0.25, -0.2) is 14.4 Å². The lowest BCUT2D eigenvalue weighted by atomic mass is 10.0. The normalized spacial score (nSPS) is 13.3. The number of nitrogens with one attached hydrogen (secondary N) is 3. The second kappa shape index (κ2) is 8.34. The first-order valence-corrected chi connectivity index (χ1v) is 12.0. The molecule has 37 heavy (non-hydrogen) atoms. The number of nitrogens with zero attached hydrogens (tertiary/aromatic N) is 4. The zero-order valence-corrected chi connectivity index (χ0v) is 19.5. The quantitative estimate of drug-likeness (QED) is 0.287. The molecule has 1 fully saturated rings. The number of anilines is 1. The number of carbonyl (C=O) groups is 1. The second-order valence-corrected chi connectivity index (χ2v) is 9.21. The first kappa shape index (κ1) is 21.4. The van der Waals surface area contributed by atoms with Gasteiger partial charge in [0.1, 0.15) is 11.5 Å². The van der Waals surface area contributed by atoms with Crippen molar-refractivity contribution in [1.29, 1.82) is 0 Å². The van der Waals surface area contributed by atoms with Gasteiger partial charge < -0.3 is 10.3 Å². The SMILES string of the molecule is O=C(Nc1cncc(-c2ccc3[nH]nc(-c4nc5nccc(-c6ccc(F)cc6)c5[nH]4)c3c2)c1)C1CC1. The van der Waals surface area contributed by atoms with Crippen LogP contribution in [0, 0.1) is 11.7 Å². The molecule has 1 aliphatic carbocycles. The molecule has 3 N–H and O–H groups in total. The Bertz CT molecular complexity index is 1800. The zero-order valence-electron chi connectivity index (χ0n) is 19.5. The topological polar surface area (TPSA) is 112 Å². The molecular weight excluding hydrogens is 469 g/mol. The fourth-order valence-corrected chi connectivity index (χ4v) is 4.52. The molecule has 1 aliphatic rings. The number of H-pyrrole nitrogens is 2. The number of aromatic amines is 2. The summed E-state index contributed by atoms with van der Waals surface area (Å²) in [6.45, 7) is 0. The summed E-state index contributed by atoms with van der Waals surface area (Å²) in [7, 11) is 0. The van der Waals surface area contributed by atoms with Gasteiger partial charge in [-0.05, 0) is 60.4 Å². The van der Waals surface area contributed by atoms with Gasteiger partial charge in [0.15, 0.2) is 11.5 Å². The molecule has 9 heteroatoms. The maximum Gasteiger partial charge on any atom is 0.227 e. The Balaban J connectivity index is 1.28. The summed E-state index contributed by atoms with van der Waals surface area (Å²) in [5.41, 5.74) is 7.05. The molecule has 0 spiro atoms. The van der Waals surface area contributed by atoms with Crippen LogP contribution in [0.25, 0.3) is 55.8 Å². The minimum atomic E-state index is -0.288. The van der Waals surface area contributed by atoms with Crippen LogP contribution in [0.1, 0.15) is 12.8 Å². The molecule has 180 valence electrons. The number of imidazole rings is 1. The van der Waals surface area contributed by atoms with Crippen LogP contribution in [0.5, 0.6) is 0 Å². The van der Waals surface area contributed by atoms with E-state index in [-0.39, 0.29) is 17.6 Å². The number of benzene rings is 2. The van der Waals surface area contributed by atoms with Crippen LogP contribution in [0.3, 0.4) is 0 Å². The Morgan fingerprint density at radius 1 is 0.973 bits per heavy atom. The summed E-state index contributed by atoms with van der Waals surface area (Å²) in [6.07, 6.45) is 7.01. The molecule has 1 saturated carbocycles. The molecule has 2 aromatic carbocycles. The summed E-state index contributed by atoms with van der Waals surface area (Å²) >= 11 is 0. The first-order chi connectivity index (χ1) is 18.1. The van der Waals surface area contributed by atoms with E-state index in [9.17, 15) is 9.18 Å². The van der Waals surface area contributed by atoms with Gasteiger partial charge in [0, 0.05) is 34.8 Å². The predicted octanol–water partition coefficient (Wildman–Crippen LogP) is 5.72. The van der Waals surface area contributed by atoms with Crippen LogP contribution in [0.15, 0.2) is 73.2 Å². The van der Waals surface area contributed by atoms with E-state index in [1.807, 2.05) is 30.3 Å². The number of hydrogen-bond donors (Lipinski definition) is 3. The Morgan fingerprint density at radius 3 is 2.65 bits per heavy atom. The van der Waals surface area contributed by atoms with Crippen molar-refractivity contribution in [3.8, 4) is 33.8 Å². The van der Waals surface area contributed by atoms with Crippen LogP contribution >= 0.6 is 0 Å². The van der Waals surface area contributed by atoms with Crippen molar-refractivity contribution in [2.24, 2.45) is 5.92 Å². The number of amides is 1.